The Kier molecular flexibility index (Phi) is 3.48. The fraction of sp³-hybridized carbons (Fsp3) is 0.632. The fourth-order valence-corrected chi connectivity index (χ4v) is 4.69. The number of cyclic esters (lactones) is 1. The number of esters is 1. The SMILES string of the molecule is O=C1C[C@@]2(CC[C@@H](c3ccc4c(c3)CCC(CO)C4)C2)CO1. The van der Waals surface area contributed by atoms with Crippen LogP contribution in [0.3, 0.4) is 0 Å². The highest BCUT2D eigenvalue weighted by atomic mass is 16.5. The van der Waals surface area contributed by atoms with Gasteiger partial charge in [0.15, 0.2) is 0 Å². The topological polar surface area (TPSA) is 46.5 Å². The standard InChI is InChI=1S/C19H24O3/c20-11-13-1-2-15-8-16(4-3-14(15)7-13)17-5-6-19(9-17)10-18(21)22-12-19/h3-4,8,13,17,20H,1-2,5-7,9-12H2/t13?,17-,19+/m1/s1. The Labute approximate surface area is 131 Å². The third-order valence-corrected chi connectivity index (χ3v) is 6.05. The van der Waals surface area contributed by atoms with E-state index in [9.17, 15) is 9.90 Å². The van der Waals surface area contributed by atoms with E-state index in [0.717, 1.165) is 32.1 Å². The molecule has 1 aliphatic heterocycles. The van der Waals surface area contributed by atoms with Crippen LogP contribution >= 0.6 is 0 Å². The van der Waals surface area contributed by atoms with E-state index in [0.29, 0.717) is 31.5 Å². The zero-order valence-electron chi connectivity index (χ0n) is 13.0. The number of aliphatic hydroxyl groups excluding tert-OH is 1. The predicted molar refractivity (Wildman–Crippen MR) is 83.6 cm³/mol. The molecule has 118 valence electrons. The van der Waals surface area contributed by atoms with Gasteiger partial charge in [-0.25, -0.2) is 0 Å². The molecule has 1 heterocycles. The number of rotatable bonds is 2. The van der Waals surface area contributed by atoms with Crippen LogP contribution in [0.15, 0.2) is 18.2 Å². The number of hydrogen-bond acceptors (Lipinski definition) is 3. The van der Waals surface area contributed by atoms with Gasteiger partial charge in [-0.05, 0) is 67.1 Å². The minimum Gasteiger partial charge on any atom is -0.465 e. The maximum absolute atomic E-state index is 11.5. The van der Waals surface area contributed by atoms with Gasteiger partial charge in [-0.15, -0.1) is 0 Å². The van der Waals surface area contributed by atoms with Crippen molar-refractivity contribution in [3.63, 3.8) is 0 Å². The smallest absolute Gasteiger partial charge is 0.306 e. The molecule has 0 aromatic heterocycles. The largest absolute Gasteiger partial charge is 0.465 e. The number of aryl methyl sites for hydroxylation is 1. The van der Waals surface area contributed by atoms with Gasteiger partial charge >= 0.3 is 5.97 Å². The predicted octanol–water partition coefficient (Wildman–Crippen LogP) is 2.98. The first-order chi connectivity index (χ1) is 10.7. The van der Waals surface area contributed by atoms with Crippen LogP contribution in [0.1, 0.15) is 54.7 Å². The van der Waals surface area contributed by atoms with Gasteiger partial charge in [-0.2, -0.15) is 0 Å². The van der Waals surface area contributed by atoms with E-state index < -0.39 is 0 Å². The van der Waals surface area contributed by atoms with Crippen molar-refractivity contribution in [2.45, 2.75) is 50.9 Å². The first-order valence-electron chi connectivity index (χ1n) is 8.56. The van der Waals surface area contributed by atoms with Gasteiger partial charge < -0.3 is 9.84 Å². The monoisotopic (exact) mass is 300 g/mol. The summed E-state index contributed by atoms with van der Waals surface area (Å²) in [7, 11) is 0. The van der Waals surface area contributed by atoms with E-state index in [4.69, 9.17) is 4.74 Å². The van der Waals surface area contributed by atoms with Crippen LogP contribution in [0.2, 0.25) is 0 Å². The molecule has 0 amide bonds. The van der Waals surface area contributed by atoms with Crippen LogP contribution in [0.5, 0.6) is 0 Å². The highest BCUT2D eigenvalue weighted by Crippen LogP contribution is 2.51. The van der Waals surface area contributed by atoms with Gasteiger partial charge in [0.2, 0.25) is 0 Å². The summed E-state index contributed by atoms with van der Waals surface area (Å²) in [5, 5.41) is 9.34. The highest BCUT2D eigenvalue weighted by molar-refractivity contribution is 5.72. The molecule has 1 aromatic carbocycles. The molecule has 3 nitrogen and oxygen atoms in total. The highest BCUT2D eigenvalue weighted by Gasteiger charge is 2.46. The molecule has 2 aliphatic carbocycles. The molecule has 1 saturated heterocycles. The van der Waals surface area contributed by atoms with Gasteiger partial charge in [-0.3, -0.25) is 4.79 Å². The summed E-state index contributed by atoms with van der Waals surface area (Å²) in [6.07, 6.45) is 7.21. The molecule has 0 bridgehead atoms. The lowest BCUT2D eigenvalue weighted by Gasteiger charge is -2.25. The van der Waals surface area contributed by atoms with Gasteiger partial charge in [0.05, 0.1) is 13.0 Å². The molecular formula is C19H24O3. The maximum atomic E-state index is 11.5. The summed E-state index contributed by atoms with van der Waals surface area (Å²) < 4.78 is 5.23. The zero-order valence-corrected chi connectivity index (χ0v) is 13.0. The average Bonchev–Trinajstić information content (AvgIpc) is 3.13. The van der Waals surface area contributed by atoms with Crippen LogP contribution in [0, 0.1) is 11.3 Å². The van der Waals surface area contributed by atoms with Crippen molar-refractivity contribution in [2.24, 2.45) is 11.3 Å². The van der Waals surface area contributed by atoms with Crippen LogP contribution in [-0.4, -0.2) is 24.3 Å². The summed E-state index contributed by atoms with van der Waals surface area (Å²) in [6, 6.07) is 6.94. The van der Waals surface area contributed by atoms with Crippen LogP contribution < -0.4 is 0 Å². The Morgan fingerprint density at radius 3 is 2.95 bits per heavy atom. The first-order valence-corrected chi connectivity index (χ1v) is 8.56. The normalized spacial score (nSPS) is 34.0. The van der Waals surface area contributed by atoms with E-state index in [1.807, 2.05) is 0 Å². The number of hydrogen-bond donors (Lipinski definition) is 1. The van der Waals surface area contributed by atoms with Crippen molar-refractivity contribution < 1.29 is 14.6 Å². The van der Waals surface area contributed by atoms with Gasteiger partial charge in [0.1, 0.15) is 0 Å². The fourth-order valence-electron chi connectivity index (χ4n) is 4.69. The molecule has 1 saturated carbocycles. The second kappa shape index (κ2) is 5.38. The Bertz CT molecular complexity index is 594. The summed E-state index contributed by atoms with van der Waals surface area (Å²) in [4.78, 5) is 11.5. The second-order valence-corrected chi connectivity index (χ2v) is 7.60. The number of carbonyl (C=O) groups is 1. The molecule has 0 radical (unpaired) electrons. The molecule has 3 aliphatic rings. The maximum Gasteiger partial charge on any atom is 0.306 e. The zero-order chi connectivity index (χ0) is 15.2. The van der Waals surface area contributed by atoms with Gasteiger partial charge in [-0.1, -0.05) is 18.2 Å². The average molecular weight is 300 g/mol. The molecule has 3 heteroatoms. The Hall–Kier alpha value is -1.35. The lowest BCUT2D eigenvalue weighted by molar-refractivity contribution is -0.137. The Morgan fingerprint density at radius 2 is 2.18 bits per heavy atom. The number of aliphatic hydroxyl groups is 1. The molecule has 1 N–H and O–H groups in total. The quantitative estimate of drug-likeness (QED) is 0.854. The lowest BCUT2D eigenvalue weighted by Crippen LogP contribution is -2.18. The van der Waals surface area contributed by atoms with Crippen molar-refractivity contribution in [3.05, 3.63) is 34.9 Å². The van der Waals surface area contributed by atoms with E-state index >= 15 is 0 Å². The van der Waals surface area contributed by atoms with Gasteiger partial charge in [0, 0.05) is 12.0 Å². The number of carbonyl (C=O) groups excluding carboxylic acids is 1. The van der Waals surface area contributed by atoms with E-state index in [-0.39, 0.29) is 11.4 Å². The number of fused-ring (bicyclic) bond motifs is 1. The Morgan fingerprint density at radius 1 is 1.27 bits per heavy atom. The summed E-state index contributed by atoms with van der Waals surface area (Å²) >= 11 is 0. The van der Waals surface area contributed by atoms with E-state index in [2.05, 4.69) is 18.2 Å². The van der Waals surface area contributed by atoms with Crippen LogP contribution in [0.25, 0.3) is 0 Å². The second-order valence-electron chi connectivity index (χ2n) is 7.60. The van der Waals surface area contributed by atoms with Crippen molar-refractivity contribution in [1.82, 2.24) is 0 Å². The molecule has 3 atom stereocenters. The minimum atomic E-state index is -0.0128. The molecule has 1 spiro atoms. The van der Waals surface area contributed by atoms with E-state index in [1.165, 1.54) is 23.1 Å². The molecular weight excluding hydrogens is 276 g/mol. The van der Waals surface area contributed by atoms with E-state index in [1.54, 1.807) is 0 Å². The summed E-state index contributed by atoms with van der Waals surface area (Å²) in [5.74, 6) is 1.01. The number of ether oxygens (including phenoxy) is 1. The third-order valence-electron chi connectivity index (χ3n) is 6.05. The van der Waals surface area contributed by atoms with Crippen molar-refractivity contribution in [3.8, 4) is 0 Å². The minimum absolute atomic E-state index is 0.0128. The molecule has 1 aromatic rings. The summed E-state index contributed by atoms with van der Waals surface area (Å²) in [5.41, 5.74) is 4.46. The third kappa shape index (κ3) is 2.45. The molecule has 2 fully saturated rings. The first kappa shape index (κ1) is 14.3. The van der Waals surface area contributed by atoms with Crippen LogP contribution in [-0.2, 0) is 22.4 Å². The molecule has 22 heavy (non-hydrogen) atoms. The summed E-state index contributed by atoms with van der Waals surface area (Å²) in [6.45, 7) is 0.936. The van der Waals surface area contributed by atoms with Crippen LogP contribution in [0.4, 0.5) is 0 Å². The van der Waals surface area contributed by atoms with Crippen molar-refractivity contribution in [2.75, 3.05) is 13.2 Å². The van der Waals surface area contributed by atoms with Crippen molar-refractivity contribution >= 4 is 5.97 Å². The van der Waals surface area contributed by atoms with Crippen molar-refractivity contribution in [1.29, 1.82) is 0 Å². The molecule has 1 unspecified atom stereocenters. The number of benzene rings is 1. The Balaban J connectivity index is 1.51. The lowest BCUT2D eigenvalue weighted by atomic mass is 9.80. The van der Waals surface area contributed by atoms with Gasteiger partial charge in [0.25, 0.3) is 0 Å². The molecule has 4 rings (SSSR count).